The zero-order valence-electron chi connectivity index (χ0n) is 11.8. The van der Waals surface area contributed by atoms with Crippen molar-refractivity contribution in [3.63, 3.8) is 0 Å². The third kappa shape index (κ3) is 2.63. The van der Waals surface area contributed by atoms with E-state index < -0.39 is 0 Å². The van der Waals surface area contributed by atoms with Gasteiger partial charge in [-0.3, -0.25) is 9.80 Å². The predicted molar refractivity (Wildman–Crippen MR) is 80.2 cm³/mol. The number of fused-ring (bicyclic) bond motifs is 1. The highest BCUT2D eigenvalue weighted by Crippen LogP contribution is 2.23. The molecule has 1 saturated carbocycles. The number of hydrazine groups is 1. The Bertz CT molecular complexity index is 707. The van der Waals surface area contributed by atoms with E-state index in [-0.39, 0.29) is 11.9 Å². The van der Waals surface area contributed by atoms with Gasteiger partial charge >= 0.3 is 0 Å². The fourth-order valence-corrected chi connectivity index (χ4v) is 2.98. The lowest BCUT2D eigenvalue weighted by Crippen LogP contribution is -2.46. The van der Waals surface area contributed by atoms with Crippen molar-refractivity contribution in [2.24, 2.45) is 5.84 Å². The van der Waals surface area contributed by atoms with Gasteiger partial charge in [0.1, 0.15) is 5.69 Å². The minimum Gasteiger partial charge on any atom is -0.350 e. The van der Waals surface area contributed by atoms with Crippen molar-refractivity contribution >= 4 is 16.8 Å². The summed E-state index contributed by atoms with van der Waals surface area (Å²) in [6.45, 7) is 0. The maximum atomic E-state index is 12.5. The van der Waals surface area contributed by atoms with E-state index >= 15 is 0 Å². The number of aromatic amines is 1. The van der Waals surface area contributed by atoms with Crippen LogP contribution in [0.4, 0.5) is 0 Å². The first-order valence-corrected chi connectivity index (χ1v) is 7.30. The molecule has 5 nitrogen and oxygen atoms in total. The molecular weight excluding hydrogens is 264 g/mol. The maximum Gasteiger partial charge on any atom is 0.284 e. The van der Waals surface area contributed by atoms with Crippen molar-refractivity contribution in [3.8, 4) is 6.07 Å². The molecule has 0 atom stereocenters. The van der Waals surface area contributed by atoms with E-state index in [1.807, 2.05) is 6.07 Å². The van der Waals surface area contributed by atoms with Crippen LogP contribution in [0.5, 0.6) is 0 Å². The van der Waals surface area contributed by atoms with Crippen molar-refractivity contribution < 1.29 is 4.79 Å². The van der Waals surface area contributed by atoms with Crippen LogP contribution in [-0.2, 0) is 0 Å². The Hall–Kier alpha value is -2.32. The van der Waals surface area contributed by atoms with Gasteiger partial charge in [-0.1, -0.05) is 25.3 Å². The first-order chi connectivity index (χ1) is 10.2. The molecule has 1 heterocycles. The summed E-state index contributed by atoms with van der Waals surface area (Å²) in [5, 5.41) is 11.2. The van der Waals surface area contributed by atoms with Gasteiger partial charge in [0.15, 0.2) is 0 Å². The van der Waals surface area contributed by atoms with Crippen molar-refractivity contribution in [1.82, 2.24) is 9.99 Å². The summed E-state index contributed by atoms with van der Waals surface area (Å²) < 4.78 is 0. The molecule has 1 fully saturated rings. The normalized spacial score (nSPS) is 15.8. The van der Waals surface area contributed by atoms with Crippen molar-refractivity contribution in [2.75, 3.05) is 0 Å². The fraction of sp³-hybridized carbons (Fsp3) is 0.375. The minimum atomic E-state index is -0.184. The Kier molecular flexibility index (Phi) is 3.63. The highest BCUT2D eigenvalue weighted by Gasteiger charge is 2.24. The maximum absolute atomic E-state index is 12.5. The molecule has 1 aromatic heterocycles. The number of hydrogen-bond acceptors (Lipinski definition) is 3. The number of hydrogen-bond donors (Lipinski definition) is 2. The van der Waals surface area contributed by atoms with Crippen LogP contribution in [0, 0.1) is 11.3 Å². The highest BCUT2D eigenvalue weighted by molar-refractivity contribution is 5.98. The first kappa shape index (κ1) is 13.7. The quantitative estimate of drug-likeness (QED) is 0.504. The Balaban J connectivity index is 1.85. The van der Waals surface area contributed by atoms with Crippen LogP contribution in [0.15, 0.2) is 24.3 Å². The molecule has 0 aliphatic heterocycles. The molecule has 1 aliphatic rings. The molecule has 1 amide bonds. The van der Waals surface area contributed by atoms with Gasteiger partial charge in [-0.15, -0.1) is 0 Å². The topological polar surface area (TPSA) is 85.9 Å². The summed E-state index contributed by atoms with van der Waals surface area (Å²) in [6, 6.07) is 9.34. The Labute approximate surface area is 123 Å². The van der Waals surface area contributed by atoms with Gasteiger partial charge in [0, 0.05) is 16.9 Å². The number of carbonyl (C=O) groups excluding carboxylic acids is 1. The number of amides is 1. The van der Waals surface area contributed by atoms with Gasteiger partial charge in [-0.05, 0) is 31.0 Å². The number of nitrogens with zero attached hydrogens (tertiary/aromatic N) is 2. The predicted octanol–water partition coefficient (Wildman–Crippen LogP) is 2.69. The second kappa shape index (κ2) is 5.58. The van der Waals surface area contributed by atoms with Gasteiger partial charge < -0.3 is 4.98 Å². The summed E-state index contributed by atoms with van der Waals surface area (Å²) >= 11 is 0. The summed E-state index contributed by atoms with van der Waals surface area (Å²) in [5.41, 5.74) is 1.84. The van der Waals surface area contributed by atoms with Gasteiger partial charge in [0.05, 0.1) is 11.6 Å². The van der Waals surface area contributed by atoms with Gasteiger partial charge in [-0.25, -0.2) is 5.84 Å². The van der Waals surface area contributed by atoms with Gasteiger partial charge in [0.2, 0.25) is 0 Å². The number of H-pyrrole nitrogens is 1. The summed E-state index contributed by atoms with van der Waals surface area (Å²) in [4.78, 5) is 15.5. The highest BCUT2D eigenvalue weighted by atomic mass is 16.2. The van der Waals surface area contributed by atoms with Crippen LogP contribution in [0.3, 0.4) is 0 Å². The molecule has 0 spiro atoms. The van der Waals surface area contributed by atoms with E-state index in [4.69, 9.17) is 11.1 Å². The van der Waals surface area contributed by atoms with E-state index in [1.165, 1.54) is 11.4 Å². The van der Waals surface area contributed by atoms with Crippen LogP contribution in [0.2, 0.25) is 0 Å². The van der Waals surface area contributed by atoms with Gasteiger partial charge in [-0.2, -0.15) is 5.26 Å². The third-order valence-electron chi connectivity index (χ3n) is 4.18. The van der Waals surface area contributed by atoms with Crippen LogP contribution >= 0.6 is 0 Å². The Morgan fingerprint density at radius 3 is 2.76 bits per heavy atom. The van der Waals surface area contributed by atoms with E-state index in [0.717, 1.165) is 36.6 Å². The van der Waals surface area contributed by atoms with E-state index in [0.29, 0.717) is 11.3 Å². The van der Waals surface area contributed by atoms with Crippen LogP contribution < -0.4 is 5.84 Å². The molecular formula is C16H18N4O. The molecule has 3 N–H and O–H groups in total. The zero-order chi connectivity index (χ0) is 14.8. The van der Waals surface area contributed by atoms with E-state index in [2.05, 4.69) is 11.1 Å². The third-order valence-corrected chi connectivity index (χ3v) is 4.18. The van der Waals surface area contributed by atoms with Crippen molar-refractivity contribution in [3.05, 3.63) is 35.5 Å². The SMILES string of the molecule is N#Cc1ccc2cc(C(=O)N(N)C3CCCCC3)[nH]c2c1. The largest absolute Gasteiger partial charge is 0.350 e. The molecule has 0 unspecified atom stereocenters. The number of aromatic nitrogens is 1. The molecule has 2 aromatic rings. The van der Waals surface area contributed by atoms with Gasteiger partial charge in [0.25, 0.3) is 5.91 Å². The first-order valence-electron chi connectivity index (χ1n) is 7.30. The number of nitrogens with two attached hydrogens (primary N) is 1. The van der Waals surface area contributed by atoms with E-state index in [1.54, 1.807) is 18.2 Å². The van der Waals surface area contributed by atoms with Crippen LogP contribution in [0.1, 0.15) is 48.2 Å². The average molecular weight is 282 g/mol. The van der Waals surface area contributed by atoms with Crippen LogP contribution in [-0.4, -0.2) is 21.9 Å². The molecule has 21 heavy (non-hydrogen) atoms. The number of nitrogens with one attached hydrogen (secondary N) is 1. The Morgan fingerprint density at radius 2 is 2.05 bits per heavy atom. The number of rotatable bonds is 2. The molecule has 5 heteroatoms. The molecule has 1 aromatic carbocycles. The molecule has 3 rings (SSSR count). The smallest absolute Gasteiger partial charge is 0.284 e. The standard InChI is InChI=1S/C16H18N4O/c17-10-11-6-7-12-9-15(19-14(12)8-11)16(21)20(18)13-4-2-1-3-5-13/h6-9,13,19H,1-5,18H2. The second-order valence-electron chi connectivity index (χ2n) is 5.60. The van der Waals surface area contributed by atoms with Crippen LogP contribution in [0.25, 0.3) is 10.9 Å². The summed E-state index contributed by atoms with van der Waals surface area (Å²) in [6.07, 6.45) is 5.43. The average Bonchev–Trinajstić information content (AvgIpc) is 2.97. The fourth-order valence-electron chi connectivity index (χ4n) is 2.98. The lowest BCUT2D eigenvalue weighted by atomic mass is 9.95. The Morgan fingerprint density at radius 1 is 1.29 bits per heavy atom. The summed E-state index contributed by atoms with van der Waals surface area (Å²) in [7, 11) is 0. The molecule has 1 aliphatic carbocycles. The van der Waals surface area contributed by atoms with Crippen molar-refractivity contribution in [1.29, 1.82) is 5.26 Å². The lowest BCUT2D eigenvalue weighted by molar-refractivity contribution is 0.0628. The minimum absolute atomic E-state index is 0.132. The number of carbonyl (C=O) groups is 1. The monoisotopic (exact) mass is 282 g/mol. The zero-order valence-corrected chi connectivity index (χ0v) is 11.8. The molecule has 0 radical (unpaired) electrons. The number of benzene rings is 1. The second-order valence-corrected chi connectivity index (χ2v) is 5.60. The lowest BCUT2D eigenvalue weighted by Gasteiger charge is -2.30. The van der Waals surface area contributed by atoms with E-state index in [9.17, 15) is 4.79 Å². The molecule has 0 saturated heterocycles. The number of nitriles is 1. The molecule has 108 valence electrons. The summed E-state index contributed by atoms with van der Waals surface area (Å²) in [5.74, 6) is 5.83. The molecule has 0 bridgehead atoms. The van der Waals surface area contributed by atoms with Crippen molar-refractivity contribution in [2.45, 2.75) is 38.1 Å².